The van der Waals surface area contributed by atoms with E-state index >= 15 is 0 Å². The number of benzene rings is 3. The predicted molar refractivity (Wildman–Crippen MR) is 139 cm³/mol. The Morgan fingerprint density at radius 2 is 1.39 bits per heavy atom. The van der Waals surface area contributed by atoms with Gasteiger partial charge in [-0.05, 0) is 60.6 Å². The average molecular weight is 486 g/mol. The fourth-order valence-electron chi connectivity index (χ4n) is 5.19. The molecule has 2 aliphatic heterocycles. The van der Waals surface area contributed by atoms with Crippen LogP contribution in [0, 0.1) is 0 Å². The molecule has 2 amide bonds. The smallest absolute Gasteiger partial charge is 0.259 e. The SMILES string of the molecule is COc1ccc(C2C(C(=O)N3CCN(C)CC3)c3ccccc3C(=O)N2c2ccc(OC)cc2)cc1. The summed E-state index contributed by atoms with van der Waals surface area (Å²) in [7, 11) is 5.31. The first-order valence-electron chi connectivity index (χ1n) is 12.2. The Morgan fingerprint density at radius 1 is 0.806 bits per heavy atom. The molecule has 2 heterocycles. The Labute approximate surface area is 211 Å². The highest BCUT2D eigenvalue weighted by Crippen LogP contribution is 2.46. The summed E-state index contributed by atoms with van der Waals surface area (Å²) in [5, 5.41) is 0. The maximum absolute atomic E-state index is 14.2. The molecule has 2 aliphatic rings. The molecule has 186 valence electrons. The number of likely N-dealkylation sites (N-methyl/N-ethyl adjacent to an activating group) is 1. The Kier molecular flexibility index (Phi) is 6.65. The van der Waals surface area contributed by atoms with Gasteiger partial charge in [-0.25, -0.2) is 0 Å². The van der Waals surface area contributed by atoms with Crippen molar-refractivity contribution in [3.05, 3.63) is 89.5 Å². The van der Waals surface area contributed by atoms with E-state index in [0.717, 1.165) is 30.0 Å². The Balaban J connectivity index is 1.67. The minimum Gasteiger partial charge on any atom is -0.497 e. The summed E-state index contributed by atoms with van der Waals surface area (Å²) in [6.45, 7) is 2.99. The molecular weight excluding hydrogens is 454 g/mol. The Bertz CT molecular complexity index is 1230. The van der Waals surface area contributed by atoms with Crippen molar-refractivity contribution in [1.82, 2.24) is 9.80 Å². The summed E-state index contributed by atoms with van der Waals surface area (Å²) in [5.74, 6) is 0.799. The summed E-state index contributed by atoms with van der Waals surface area (Å²) in [5.41, 5.74) is 2.93. The second kappa shape index (κ2) is 10.0. The number of hydrogen-bond donors (Lipinski definition) is 0. The van der Waals surface area contributed by atoms with Crippen LogP contribution in [0.5, 0.6) is 11.5 Å². The molecule has 0 aliphatic carbocycles. The van der Waals surface area contributed by atoms with Gasteiger partial charge in [0.05, 0.1) is 26.2 Å². The Hall–Kier alpha value is -3.84. The van der Waals surface area contributed by atoms with E-state index in [1.54, 1.807) is 19.1 Å². The molecule has 0 aromatic heterocycles. The van der Waals surface area contributed by atoms with Gasteiger partial charge in [0, 0.05) is 37.4 Å². The van der Waals surface area contributed by atoms with Crippen LogP contribution in [0.4, 0.5) is 5.69 Å². The molecule has 1 saturated heterocycles. The number of methoxy groups -OCH3 is 2. The molecule has 0 N–H and O–H groups in total. The van der Waals surface area contributed by atoms with Gasteiger partial charge >= 0.3 is 0 Å². The molecule has 0 saturated carbocycles. The third-order valence-electron chi connectivity index (χ3n) is 7.23. The van der Waals surface area contributed by atoms with E-state index in [-0.39, 0.29) is 11.8 Å². The highest BCUT2D eigenvalue weighted by molar-refractivity contribution is 6.11. The summed E-state index contributed by atoms with van der Waals surface area (Å²) in [6, 6.07) is 22.1. The first-order valence-corrected chi connectivity index (χ1v) is 12.2. The third-order valence-corrected chi connectivity index (χ3v) is 7.23. The number of carbonyl (C=O) groups is 2. The van der Waals surface area contributed by atoms with Crippen LogP contribution in [0.2, 0.25) is 0 Å². The van der Waals surface area contributed by atoms with Crippen LogP contribution in [0.1, 0.15) is 33.4 Å². The number of fused-ring (bicyclic) bond motifs is 1. The van der Waals surface area contributed by atoms with E-state index in [1.165, 1.54) is 0 Å². The number of piperazine rings is 1. The van der Waals surface area contributed by atoms with Crippen LogP contribution >= 0.6 is 0 Å². The first-order chi connectivity index (χ1) is 17.5. The van der Waals surface area contributed by atoms with Gasteiger partial charge in [-0.1, -0.05) is 30.3 Å². The van der Waals surface area contributed by atoms with Crippen molar-refractivity contribution < 1.29 is 19.1 Å². The van der Waals surface area contributed by atoms with E-state index < -0.39 is 12.0 Å². The molecule has 2 atom stereocenters. The highest BCUT2D eigenvalue weighted by atomic mass is 16.5. The number of rotatable bonds is 5. The van der Waals surface area contributed by atoms with Crippen LogP contribution in [0.15, 0.2) is 72.8 Å². The quantitative estimate of drug-likeness (QED) is 0.548. The van der Waals surface area contributed by atoms with E-state index in [4.69, 9.17) is 9.47 Å². The predicted octanol–water partition coefficient (Wildman–Crippen LogP) is 3.96. The van der Waals surface area contributed by atoms with Crippen LogP contribution < -0.4 is 14.4 Å². The molecular formula is C29H31N3O4. The van der Waals surface area contributed by atoms with E-state index in [9.17, 15) is 9.59 Å². The van der Waals surface area contributed by atoms with Crippen LogP contribution in [-0.4, -0.2) is 69.1 Å². The molecule has 0 bridgehead atoms. The molecule has 1 fully saturated rings. The topological polar surface area (TPSA) is 62.3 Å². The van der Waals surface area contributed by atoms with E-state index in [0.29, 0.717) is 30.1 Å². The van der Waals surface area contributed by atoms with Gasteiger partial charge in [0.25, 0.3) is 5.91 Å². The van der Waals surface area contributed by atoms with Crippen molar-refractivity contribution in [2.75, 3.05) is 52.3 Å². The fourth-order valence-corrected chi connectivity index (χ4v) is 5.19. The van der Waals surface area contributed by atoms with Crippen molar-refractivity contribution in [3.63, 3.8) is 0 Å². The highest BCUT2D eigenvalue weighted by Gasteiger charge is 2.46. The van der Waals surface area contributed by atoms with Gasteiger partial charge in [-0.2, -0.15) is 0 Å². The van der Waals surface area contributed by atoms with Crippen molar-refractivity contribution in [2.45, 2.75) is 12.0 Å². The zero-order valence-corrected chi connectivity index (χ0v) is 20.9. The van der Waals surface area contributed by atoms with Crippen molar-refractivity contribution in [1.29, 1.82) is 0 Å². The van der Waals surface area contributed by atoms with Gasteiger partial charge in [0.1, 0.15) is 11.5 Å². The lowest BCUT2D eigenvalue weighted by Gasteiger charge is -2.44. The molecule has 5 rings (SSSR count). The molecule has 3 aromatic carbocycles. The first kappa shape index (κ1) is 23.9. The Morgan fingerprint density at radius 3 is 2.00 bits per heavy atom. The van der Waals surface area contributed by atoms with Gasteiger partial charge in [0.15, 0.2) is 0 Å². The van der Waals surface area contributed by atoms with Gasteiger partial charge < -0.3 is 19.3 Å². The monoisotopic (exact) mass is 485 g/mol. The lowest BCUT2D eigenvalue weighted by Crippen LogP contribution is -2.53. The molecule has 7 nitrogen and oxygen atoms in total. The minimum atomic E-state index is -0.544. The molecule has 36 heavy (non-hydrogen) atoms. The van der Waals surface area contributed by atoms with Gasteiger partial charge in [-0.15, -0.1) is 0 Å². The molecule has 2 unspecified atom stereocenters. The second-order valence-electron chi connectivity index (χ2n) is 9.28. The molecule has 0 spiro atoms. The van der Waals surface area contributed by atoms with Crippen molar-refractivity contribution in [3.8, 4) is 11.5 Å². The van der Waals surface area contributed by atoms with Crippen LogP contribution in [-0.2, 0) is 4.79 Å². The minimum absolute atomic E-state index is 0.0439. The van der Waals surface area contributed by atoms with Gasteiger partial charge in [-0.3, -0.25) is 14.5 Å². The standard InChI is InChI=1S/C29H31N3O4/c1-30-16-18-31(19-17-30)29(34)26-24-6-4-5-7-25(24)28(33)32(21-10-14-23(36-3)15-11-21)27(26)20-8-12-22(35-2)13-9-20/h4-15,26-27H,16-19H2,1-3H3. The van der Waals surface area contributed by atoms with Gasteiger partial charge in [0.2, 0.25) is 5.91 Å². The van der Waals surface area contributed by atoms with Crippen LogP contribution in [0.3, 0.4) is 0 Å². The molecule has 7 heteroatoms. The number of hydrogen-bond acceptors (Lipinski definition) is 5. The van der Waals surface area contributed by atoms with Crippen molar-refractivity contribution >= 4 is 17.5 Å². The maximum Gasteiger partial charge on any atom is 0.259 e. The number of ether oxygens (including phenoxy) is 2. The summed E-state index contributed by atoms with van der Waals surface area (Å²) in [4.78, 5) is 34.2. The van der Waals surface area contributed by atoms with E-state index in [1.807, 2.05) is 77.7 Å². The number of anilines is 1. The molecule has 3 aromatic rings. The largest absolute Gasteiger partial charge is 0.497 e. The number of carbonyl (C=O) groups excluding carboxylic acids is 2. The maximum atomic E-state index is 14.2. The lowest BCUT2D eigenvalue weighted by molar-refractivity contribution is -0.135. The van der Waals surface area contributed by atoms with Crippen LogP contribution in [0.25, 0.3) is 0 Å². The summed E-state index contributed by atoms with van der Waals surface area (Å²) < 4.78 is 10.7. The molecule has 0 radical (unpaired) electrons. The summed E-state index contributed by atoms with van der Waals surface area (Å²) >= 11 is 0. The number of amides is 2. The average Bonchev–Trinajstić information content (AvgIpc) is 2.93. The normalized spacial score (nSPS) is 20.1. The van der Waals surface area contributed by atoms with Crippen molar-refractivity contribution in [2.24, 2.45) is 0 Å². The second-order valence-corrected chi connectivity index (χ2v) is 9.28. The van der Waals surface area contributed by atoms with E-state index in [2.05, 4.69) is 11.9 Å². The summed E-state index contributed by atoms with van der Waals surface area (Å²) in [6.07, 6.45) is 0. The third kappa shape index (κ3) is 4.31. The number of nitrogens with zero attached hydrogens (tertiary/aromatic N) is 3. The lowest BCUT2D eigenvalue weighted by atomic mass is 9.78. The zero-order valence-electron chi connectivity index (χ0n) is 20.9. The zero-order chi connectivity index (χ0) is 25.2. The fraction of sp³-hybridized carbons (Fsp3) is 0.310.